The number of nitrogens with one attached hydrogen (secondary N) is 4. The summed E-state index contributed by atoms with van der Waals surface area (Å²) >= 11 is 1.55. The van der Waals surface area contributed by atoms with Crippen molar-refractivity contribution in [2.24, 2.45) is 53.1 Å². The number of rotatable bonds is 48. The molecule has 0 aliphatic carbocycles. The lowest BCUT2D eigenvalue weighted by Crippen LogP contribution is -2.53. The van der Waals surface area contributed by atoms with Gasteiger partial charge in [0, 0.05) is 189 Å². The lowest BCUT2D eigenvalue weighted by Gasteiger charge is -2.40. The van der Waals surface area contributed by atoms with Gasteiger partial charge in [-0.1, -0.05) is 111 Å². The number of primary amides is 1. The number of hydrogen-bond donors (Lipinski definition) is 6. The van der Waals surface area contributed by atoms with E-state index in [4.69, 9.17) is 24.7 Å². The van der Waals surface area contributed by atoms with Crippen molar-refractivity contribution in [2.45, 2.75) is 196 Å². The van der Waals surface area contributed by atoms with Gasteiger partial charge in [-0.25, -0.2) is 14.6 Å². The molecule has 12 atom stereocenters. The van der Waals surface area contributed by atoms with Gasteiger partial charge < -0.3 is 80.3 Å². The molecule has 30 nitrogen and oxygen atoms in total. The predicted molar refractivity (Wildman–Crippen MR) is 441 cm³/mol. The first-order valence-corrected chi connectivity index (χ1v) is 41.8. The summed E-state index contributed by atoms with van der Waals surface area (Å²) in [5, 5.41) is 24.3. The van der Waals surface area contributed by atoms with E-state index in [0.29, 0.717) is 69.7 Å². The van der Waals surface area contributed by atoms with Crippen LogP contribution in [0.15, 0.2) is 78.3 Å². The fourth-order valence-electron chi connectivity index (χ4n) is 14.7. The van der Waals surface area contributed by atoms with E-state index in [9.17, 15) is 67.4 Å². The van der Waals surface area contributed by atoms with Crippen LogP contribution in [0.25, 0.3) is 0 Å². The molecular formula is C85H130N12O18S. The first kappa shape index (κ1) is 97.7. The molecule has 116 heavy (non-hydrogen) atoms. The van der Waals surface area contributed by atoms with E-state index in [1.807, 2.05) is 77.1 Å². The number of carbonyl (C=O) groups is 13. The fourth-order valence-corrected chi connectivity index (χ4v) is 15.4. The number of benzene rings is 2. The summed E-state index contributed by atoms with van der Waals surface area (Å²) in [7, 11) is 6.94. The van der Waals surface area contributed by atoms with Crippen LogP contribution in [0.4, 0.5) is 15.3 Å². The average molecular weight is 1640 g/mol. The van der Waals surface area contributed by atoms with Gasteiger partial charge in [-0.15, -0.1) is 11.3 Å². The number of imide groups is 1. The summed E-state index contributed by atoms with van der Waals surface area (Å²) in [4.78, 5) is 182. The highest BCUT2D eigenvalue weighted by Crippen LogP contribution is 2.36. The molecule has 31 heteroatoms. The maximum absolute atomic E-state index is 14.1. The number of hydrogen-bond acceptors (Lipinski definition) is 21. The van der Waals surface area contributed by atoms with Crippen LogP contribution in [0.1, 0.15) is 175 Å². The minimum atomic E-state index is -1.23. The third-order valence-corrected chi connectivity index (χ3v) is 23.4. The van der Waals surface area contributed by atoms with E-state index in [2.05, 4.69) is 57.1 Å². The Hall–Kier alpha value is -8.88. The zero-order valence-electron chi connectivity index (χ0n) is 70.8. The highest BCUT2D eigenvalue weighted by molar-refractivity contribution is 7.09. The largest absolute Gasteiger partial charge is 0.431 e. The van der Waals surface area contributed by atoms with Gasteiger partial charge in [-0.2, -0.15) is 0 Å². The van der Waals surface area contributed by atoms with Crippen molar-refractivity contribution in [1.29, 1.82) is 0 Å². The number of thiazole rings is 1. The zero-order chi connectivity index (χ0) is 85.9. The van der Waals surface area contributed by atoms with Crippen LogP contribution in [-0.2, 0) is 78.1 Å². The molecule has 11 amide bonds. The monoisotopic (exact) mass is 1640 g/mol. The topological polar surface area (TPSA) is 386 Å². The van der Waals surface area contributed by atoms with Gasteiger partial charge in [0.25, 0.3) is 17.7 Å². The molecule has 3 aromatic rings. The van der Waals surface area contributed by atoms with E-state index >= 15 is 0 Å². The maximum Gasteiger partial charge on any atom is 0.410 e. The number of amides is 11. The second-order valence-electron chi connectivity index (χ2n) is 31.8. The first-order valence-electron chi connectivity index (χ1n) is 40.9. The molecule has 7 N–H and O–H groups in total. The highest BCUT2D eigenvalue weighted by atomic mass is 32.1. The number of Topliss-reactive ketones (excluding diaryl/α,β-unsaturated/α-hetero) is 3. The molecule has 0 spiro atoms. The molecule has 2 saturated heterocycles. The second kappa shape index (κ2) is 50.0. The minimum absolute atomic E-state index is 0.0125. The van der Waals surface area contributed by atoms with Gasteiger partial charge in [-0.05, 0) is 94.4 Å². The Balaban J connectivity index is 0.000000434. The van der Waals surface area contributed by atoms with Crippen molar-refractivity contribution in [3.05, 3.63) is 94.5 Å². The zero-order valence-corrected chi connectivity index (χ0v) is 71.7. The Kier molecular flexibility index (Phi) is 42.1. The van der Waals surface area contributed by atoms with E-state index < -0.39 is 77.7 Å². The molecule has 0 bridgehead atoms. The minimum Gasteiger partial charge on any atom is -0.431 e. The van der Waals surface area contributed by atoms with Crippen molar-refractivity contribution >= 4 is 93.8 Å². The molecule has 644 valence electrons. The number of nitrogens with zero attached hydrogens (tertiary/aromatic N) is 7. The molecule has 0 saturated carbocycles. The Morgan fingerprint density at radius 3 is 1.97 bits per heavy atom. The summed E-state index contributed by atoms with van der Waals surface area (Å²) in [5.41, 5.74) is 7.16. The molecule has 1 aromatic heterocycles. The summed E-state index contributed by atoms with van der Waals surface area (Å²) in [6, 6.07) is 14.1. The lowest BCUT2D eigenvalue weighted by molar-refractivity contribution is -0.148. The van der Waals surface area contributed by atoms with Crippen molar-refractivity contribution < 1.29 is 86.4 Å². The third kappa shape index (κ3) is 31.2. The summed E-state index contributed by atoms with van der Waals surface area (Å²) < 4.78 is 22.8. The summed E-state index contributed by atoms with van der Waals surface area (Å²) in [6.45, 7) is 24.5. The van der Waals surface area contributed by atoms with E-state index in [-0.39, 0.29) is 180 Å². The quantitative estimate of drug-likeness (QED) is 0.0232. The number of aromatic nitrogens is 1. The fraction of sp³-hybridized carbons (Fsp3) is 0.647. The highest BCUT2D eigenvalue weighted by Gasteiger charge is 2.44. The standard InChI is InChI=1S/C46H71N9O12.C39H59N3O6S/c1-30(2)32(5)53(7)46(64)67-42(44(62)54-23-21-52(6)22-24-54)33-10-12-35(13-11-33)50-43(61)34(9-8-18-49-45(47)63)29-36(56)41(31(3)4)51-38(58)17-25-65-27-28-66-26-19-48-37(57)16-20-55-39(59)14-15-40(55)60;1-9-26(4)37(41(7)39(47)31(25(2)3)20-27(5)44)35(48-8)23-36(46)42-18-13-16-33(42)32(24-43)28(6)34(45)22-30(38-40-17-19-49-38)21-29-14-11-10-12-15-29/h10-15,30-32,34,41-42H,8-9,16-29H2,1-7H3,(H,48,57)(H,50,61)(H,51,58)(H3,47,49,63);10-12,14-15,17,19,25-26,28,30-33,35,37,43H,9,13,16,18,20-24H2,1-8H3/t32-,34-,41+,42?;26-,28+,30+,31-,32+,33-,35+,37-/m10/s1. The van der Waals surface area contributed by atoms with Crippen LogP contribution in [-0.4, -0.2) is 260 Å². The predicted octanol–water partition coefficient (Wildman–Crippen LogP) is 7.77. The van der Waals surface area contributed by atoms with Crippen molar-refractivity contribution in [2.75, 3.05) is 119 Å². The molecular weight excluding hydrogens is 1510 g/mol. The van der Waals surface area contributed by atoms with E-state index in [1.54, 1.807) is 86.7 Å². The molecule has 2 aromatic carbocycles. The lowest BCUT2D eigenvalue weighted by atomic mass is 9.80. The van der Waals surface area contributed by atoms with Gasteiger partial charge in [-0.3, -0.25) is 52.8 Å². The van der Waals surface area contributed by atoms with Gasteiger partial charge in [0.2, 0.25) is 35.6 Å². The number of aliphatic hydroxyl groups excluding tert-OH is 1. The summed E-state index contributed by atoms with van der Waals surface area (Å²) in [6.07, 6.45) is 5.43. The van der Waals surface area contributed by atoms with E-state index in [1.165, 1.54) is 11.8 Å². The van der Waals surface area contributed by atoms with Gasteiger partial charge in [0.05, 0.1) is 56.0 Å². The number of piperazine rings is 1. The van der Waals surface area contributed by atoms with Gasteiger partial charge in [0.15, 0.2) is 5.78 Å². The van der Waals surface area contributed by atoms with Crippen molar-refractivity contribution in [3.63, 3.8) is 0 Å². The second-order valence-corrected chi connectivity index (χ2v) is 32.8. The molecule has 3 aliphatic rings. The molecule has 4 heterocycles. The number of urea groups is 1. The smallest absolute Gasteiger partial charge is 0.410 e. The van der Waals surface area contributed by atoms with Crippen molar-refractivity contribution in [3.8, 4) is 0 Å². The Labute approximate surface area is 689 Å². The Morgan fingerprint density at radius 2 is 1.39 bits per heavy atom. The molecule has 6 rings (SSSR count). The van der Waals surface area contributed by atoms with Gasteiger partial charge >= 0.3 is 12.1 Å². The number of methoxy groups -OCH3 is 1. The average Bonchev–Trinajstić information content (AvgIpc) is 1.44. The molecule has 1 unspecified atom stereocenters. The van der Waals surface area contributed by atoms with Crippen LogP contribution in [0.2, 0.25) is 0 Å². The number of ether oxygens (including phenoxy) is 4. The number of carbonyl (C=O) groups excluding carboxylic acids is 13. The Bertz CT molecular complexity index is 3670. The molecule has 3 aliphatic heterocycles. The number of likely N-dealkylation sites (N-methyl/N-ethyl adjacent to an activating group) is 2. The SMILES string of the molecule is CC(C)[C@H](NC(=O)CCOCCOCCNC(=O)CCN1C(=O)C=CC1=O)C(=O)C[C@@H](CCCNC(N)=O)C(=O)Nc1ccc(C(OC(=O)N(C)[C@H](C)C(C)C)C(=O)N2CCN(C)CC2)cc1.CC[C@H](C)[C@@H]([C@@H](CC(=O)N1CCC[C@H]1[C@H](CO)[C@@H](C)C(=O)C[C@@H](Cc1ccccc1)c1nccs1)OC)N(C)C(=O)[C@@H](CC(C)=O)C(C)C. The van der Waals surface area contributed by atoms with Crippen LogP contribution in [0.5, 0.6) is 0 Å². The maximum atomic E-state index is 14.1. The van der Waals surface area contributed by atoms with Crippen LogP contribution in [0, 0.1) is 47.3 Å². The molecule has 0 radical (unpaired) electrons. The van der Waals surface area contributed by atoms with Crippen LogP contribution in [0.3, 0.4) is 0 Å². The van der Waals surface area contributed by atoms with E-state index in [0.717, 1.165) is 40.5 Å². The number of likely N-dealkylation sites (tertiary alicyclic amines) is 1. The number of anilines is 1. The number of nitrogens with two attached hydrogens (primary N) is 1. The van der Waals surface area contributed by atoms with Crippen LogP contribution >= 0.6 is 11.3 Å². The normalized spacial score (nSPS) is 17.2. The van der Waals surface area contributed by atoms with Gasteiger partial charge in [0.1, 0.15) is 11.6 Å². The number of ketones is 3. The summed E-state index contributed by atoms with van der Waals surface area (Å²) in [5.74, 6) is -5.39. The van der Waals surface area contributed by atoms with Crippen LogP contribution < -0.4 is 27.0 Å². The third-order valence-electron chi connectivity index (χ3n) is 22.4. The molecule has 2 fully saturated rings. The first-order chi connectivity index (χ1) is 55.1. The Morgan fingerprint density at radius 1 is 0.733 bits per heavy atom. The van der Waals surface area contributed by atoms with Crippen molar-refractivity contribution in [1.82, 2.24) is 50.3 Å². The number of aliphatic hydroxyl groups is 1.